The molecular formula is C10H12O3. The van der Waals surface area contributed by atoms with Gasteiger partial charge in [-0.05, 0) is 0 Å². The van der Waals surface area contributed by atoms with E-state index >= 15 is 0 Å². The van der Waals surface area contributed by atoms with Crippen LogP contribution >= 0.6 is 0 Å². The van der Waals surface area contributed by atoms with Gasteiger partial charge in [0.05, 0.1) is 13.2 Å². The van der Waals surface area contributed by atoms with E-state index in [2.05, 4.69) is 0 Å². The van der Waals surface area contributed by atoms with Crippen LogP contribution in [0, 0.1) is 0 Å². The summed E-state index contributed by atoms with van der Waals surface area (Å²) in [6.07, 6.45) is -0.483. The molecule has 1 aliphatic heterocycles. The molecule has 0 bridgehead atoms. The fourth-order valence-corrected chi connectivity index (χ4v) is 1.33. The van der Waals surface area contributed by atoms with E-state index in [4.69, 9.17) is 14.6 Å². The molecule has 2 atom stereocenters. The summed E-state index contributed by atoms with van der Waals surface area (Å²) in [5, 5.41) is 8.83. The first kappa shape index (κ1) is 8.69. The maximum absolute atomic E-state index is 8.83. The molecule has 1 aromatic carbocycles. The average molecular weight is 180 g/mol. The van der Waals surface area contributed by atoms with Crippen LogP contribution < -0.4 is 0 Å². The molecule has 70 valence electrons. The Kier molecular flexibility index (Phi) is 2.59. The SMILES string of the molecule is OC[C@@H]1CO[C@H](c2ccccc2)O1. The second kappa shape index (κ2) is 3.87. The van der Waals surface area contributed by atoms with Gasteiger partial charge in [0.2, 0.25) is 0 Å². The molecule has 1 fully saturated rings. The Labute approximate surface area is 76.9 Å². The van der Waals surface area contributed by atoms with Crippen molar-refractivity contribution in [2.24, 2.45) is 0 Å². The van der Waals surface area contributed by atoms with Crippen molar-refractivity contribution in [1.29, 1.82) is 0 Å². The van der Waals surface area contributed by atoms with E-state index in [9.17, 15) is 0 Å². The van der Waals surface area contributed by atoms with E-state index in [1.807, 2.05) is 30.3 Å². The topological polar surface area (TPSA) is 38.7 Å². The minimum atomic E-state index is -0.307. The zero-order chi connectivity index (χ0) is 9.10. The summed E-state index contributed by atoms with van der Waals surface area (Å²) < 4.78 is 10.8. The average Bonchev–Trinajstić information content (AvgIpc) is 2.67. The number of ether oxygens (including phenoxy) is 2. The van der Waals surface area contributed by atoms with Gasteiger partial charge in [-0.15, -0.1) is 0 Å². The third kappa shape index (κ3) is 1.88. The van der Waals surface area contributed by atoms with E-state index in [1.54, 1.807) is 0 Å². The largest absolute Gasteiger partial charge is 0.394 e. The Morgan fingerprint density at radius 3 is 2.69 bits per heavy atom. The van der Waals surface area contributed by atoms with E-state index in [1.165, 1.54) is 0 Å². The minimum Gasteiger partial charge on any atom is -0.394 e. The Hall–Kier alpha value is -0.900. The molecule has 0 spiro atoms. The predicted octanol–water partition coefficient (Wildman–Crippen LogP) is 1.09. The van der Waals surface area contributed by atoms with Crippen LogP contribution in [0.2, 0.25) is 0 Å². The first-order valence-electron chi connectivity index (χ1n) is 4.33. The lowest BCUT2D eigenvalue weighted by Gasteiger charge is -2.09. The summed E-state index contributed by atoms with van der Waals surface area (Å²) >= 11 is 0. The highest BCUT2D eigenvalue weighted by Gasteiger charge is 2.26. The van der Waals surface area contributed by atoms with Crippen LogP contribution in [0.4, 0.5) is 0 Å². The number of aliphatic hydroxyl groups excluding tert-OH is 1. The zero-order valence-electron chi connectivity index (χ0n) is 7.22. The van der Waals surface area contributed by atoms with Crippen LogP contribution in [0.15, 0.2) is 30.3 Å². The number of hydrogen-bond acceptors (Lipinski definition) is 3. The second-order valence-corrected chi connectivity index (χ2v) is 3.02. The van der Waals surface area contributed by atoms with Gasteiger partial charge in [-0.1, -0.05) is 30.3 Å². The van der Waals surface area contributed by atoms with Gasteiger partial charge in [-0.25, -0.2) is 0 Å². The Balaban J connectivity index is 2.04. The third-order valence-corrected chi connectivity index (χ3v) is 2.02. The maximum atomic E-state index is 8.83. The fraction of sp³-hybridized carbons (Fsp3) is 0.400. The van der Waals surface area contributed by atoms with Gasteiger partial charge in [-0.3, -0.25) is 0 Å². The number of aliphatic hydroxyl groups is 1. The van der Waals surface area contributed by atoms with Crippen molar-refractivity contribution < 1.29 is 14.6 Å². The smallest absolute Gasteiger partial charge is 0.184 e. The molecule has 1 saturated heterocycles. The van der Waals surface area contributed by atoms with Crippen molar-refractivity contribution in [3.8, 4) is 0 Å². The van der Waals surface area contributed by atoms with Crippen molar-refractivity contribution >= 4 is 0 Å². The lowest BCUT2D eigenvalue weighted by Crippen LogP contribution is -2.14. The minimum absolute atomic E-state index is 0.0172. The molecule has 3 heteroatoms. The summed E-state index contributed by atoms with van der Waals surface area (Å²) in [4.78, 5) is 0. The standard InChI is InChI=1S/C10H12O3/c11-6-9-7-12-10(13-9)8-4-2-1-3-5-8/h1-5,9-11H,6-7H2/t9-,10+/m1/s1. The van der Waals surface area contributed by atoms with Crippen molar-refractivity contribution in [2.45, 2.75) is 12.4 Å². The Morgan fingerprint density at radius 1 is 1.31 bits per heavy atom. The molecule has 13 heavy (non-hydrogen) atoms. The molecule has 0 aromatic heterocycles. The van der Waals surface area contributed by atoms with Crippen molar-refractivity contribution in [3.05, 3.63) is 35.9 Å². The first-order chi connectivity index (χ1) is 6.40. The van der Waals surface area contributed by atoms with E-state index in [0.29, 0.717) is 6.61 Å². The van der Waals surface area contributed by atoms with Gasteiger partial charge in [0, 0.05) is 5.56 Å². The van der Waals surface area contributed by atoms with Gasteiger partial charge in [-0.2, -0.15) is 0 Å². The highest BCUT2D eigenvalue weighted by molar-refractivity contribution is 5.16. The second-order valence-electron chi connectivity index (χ2n) is 3.02. The summed E-state index contributed by atoms with van der Waals surface area (Å²) in [6, 6.07) is 9.72. The van der Waals surface area contributed by atoms with Crippen LogP contribution in [0.5, 0.6) is 0 Å². The van der Waals surface area contributed by atoms with Crippen LogP contribution in [0.1, 0.15) is 11.9 Å². The summed E-state index contributed by atoms with van der Waals surface area (Å²) in [5.41, 5.74) is 0.999. The third-order valence-electron chi connectivity index (χ3n) is 2.02. The van der Waals surface area contributed by atoms with Crippen LogP contribution in [0.25, 0.3) is 0 Å². The molecule has 1 aromatic rings. The first-order valence-corrected chi connectivity index (χ1v) is 4.33. The van der Waals surface area contributed by atoms with Crippen molar-refractivity contribution in [1.82, 2.24) is 0 Å². The van der Waals surface area contributed by atoms with Crippen molar-refractivity contribution in [2.75, 3.05) is 13.2 Å². The van der Waals surface area contributed by atoms with Crippen molar-refractivity contribution in [3.63, 3.8) is 0 Å². The molecule has 3 nitrogen and oxygen atoms in total. The van der Waals surface area contributed by atoms with Crippen LogP contribution in [-0.2, 0) is 9.47 Å². The molecule has 0 aliphatic carbocycles. The summed E-state index contributed by atoms with van der Waals surface area (Å²) in [5.74, 6) is 0. The van der Waals surface area contributed by atoms with Gasteiger partial charge < -0.3 is 14.6 Å². The van der Waals surface area contributed by atoms with Crippen LogP contribution in [-0.4, -0.2) is 24.4 Å². The Bertz CT molecular complexity index is 260. The highest BCUT2D eigenvalue weighted by Crippen LogP contribution is 2.25. The molecule has 1 N–H and O–H groups in total. The zero-order valence-corrected chi connectivity index (χ0v) is 7.22. The number of hydrogen-bond donors (Lipinski definition) is 1. The predicted molar refractivity (Wildman–Crippen MR) is 47.1 cm³/mol. The van der Waals surface area contributed by atoms with Gasteiger partial charge in [0.1, 0.15) is 6.10 Å². The molecule has 1 aliphatic rings. The van der Waals surface area contributed by atoms with E-state index < -0.39 is 0 Å². The lowest BCUT2D eigenvalue weighted by atomic mass is 10.2. The monoisotopic (exact) mass is 180 g/mol. The fourth-order valence-electron chi connectivity index (χ4n) is 1.33. The Morgan fingerprint density at radius 2 is 2.08 bits per heavy atom. The van der Waals surface area contributed by atoms with E-state index in [0.717, 1.165) is 5.56 Å². The number of rotatable bonds is 2. The van der Waals surface area contributed by atoms with Gasteiger partial charge >= 0.3 is 0 Å². The summed E-state index contributed by atoms with van der Waals surface area (Å²) in [6.45, 7) is 0.486. The number of benzene rings is 1. The van der Waals surface area contributed by atoms with Gasteiger partial charge in [0.25, 0.3) is 0 Å². The molecule has 1 heterocycles. The lowest BCUT2D eigenvalue weighted by molar-refractivity contribution is -0.0675. The van der Waals surface area contributed by atoms with Gasteiger partial charge in [0.15, 0.2) is 6.29 Å². The molecule has 0 saturated carbocycles. The molecular weight excluding hydrogens is 168 g/mol. The quantitative estimate of drug-likeness (QED) is 0.740. The molecule has 2 rings (SSSR count). The molecule has 0 radical (unpaired) electrons. The van der Waals surface area contributed by atoms with Crippen LogP contribution in [0.3, 0.4) is 0 Å². The molecule has 0 unspecified atom stereocenters. The van der Waals surface area contributed by atoms with E-state index in [-0.39, 0.29) is 19.0 Å². The molecule has 0 amide bonds. The maximum Gasteiger partial charge on any atom is 0.184 e. The summed E-state index contributed by atoms with van der Waals surface area (Å²) in [7, 11) is 0. The normalized spacial score (nSPS) is 27.8. The highest BCUT2D eigenvalue weighted by atomic mass is 16.7.